The van der Waals surface area contributed by atoms with Gasteiger partial charge in [0.15, 0.2) is 0 Å². The third-order valence-corrected chi connectivity index (χ3v) is 3.55. The molecule has 1 aliphatic rings. The number of carbonyl (C=O) groups is 1. The first kappa shape index (κ1) is 16.8. The first-order valence-corrected chi connectivity index (χ1v) is 6.29. The molecule has 0 unspecified atom stereocenters. The van der Waals surface area contributed by atoms with E-state index in [1.807, 2.05) is 0 Å². The summed E-state index contributed by atoms with van der Waals surface area (Å²) in [5.74, 6) is 0.276. The maximum atomic E-state index is 12.0. The fourth-order valence-corrected chi connectivity index (χ4v) is 2.53. The highest BCUT2D eigenvalue weighted by atomic mass is 35.5. The van der Waals surface area contributed by atoms with E-state index in [1.54, 1.807) is 12.1 Å². The third-order valence-electron chi connectivity index (χ3n) is 3.55. The van der Waals surface area contributed by atoms with Crippen molar-refractivity contribution in [2.75, 3.05) is 0 Å². The average molecular weight is 309 g/mol. The van der Waals surface area contributed by atoms with Crippen LogP contribution in [-0.2, 0) is 4.79 Å². The fraction of sp³-hybridized carbons (Fsp3) is 0.500. The van der Waals surface area contributed by atoms with E-state index < -0.39 is 6.36 Å². The van der Waals surface area contributed by atoms with Gasteiger partial charge >= 0.3 is 6.36 Å². The maximum absolute atomic E-state index is 12.0. The summed E-state index contributed by atoms with van der Waals surface area (Å²) < 4.78 is 39.9. The lowest BCUT2D eigenvalue weighted by Gasteiger charge is -2.25. The van der Waals surface area contributed by atoms with Gasteiger partial charge < -0.3 is 9.53 Å². The molecule has 1 aromatic carbocycles. The van der Waals surface area contributed by atoms with Gasteiger partial charge in [0.1, 0.15) is 12.0 Å². The predicted molar refractivity (Wildman–Crippen MR) is 71.1 cm³/mol. The smallest absolute Gasteiger partial charge is 0.406 e. The van der Waals surface area contributed by atoms with Crippen LogP contribution in [0.2, 0.25) is 0 Å². The zero-order valence-corrected chi connectivity index (χ0v) is 11.5. The molecule has 0 amide bonds. The first-order valence-electron chi connectivity index (χ1n) is 6.29. The highest BCUT2D eigenvalue weighted by molar-refractivity contribution is 5.85. The number of alkyl halides is 3. The largest absolute Gasteiger partial charge is 0.573 e. The number of hydrogen-bond donors (Lipinski definition) is 0. The minimum atomic E-state index is -4.65. The second kappa shape index (κ2) is 6.97. The van der Waals surface area contributed by atoms with Crippen LogP contribution in [0, 0.1) is 5.92 Å². The summed E-state index contributed by atoms with van der Waals surface area (Å²) in [5, 5.41) is 0. The molecular weight excluding hydrogens is 293 g/mol. The van der Waals surface area contributed by atoms with E-state index in [-0.39, 0.29) is 24.1 Å². The summed E-state index contributed by atoms with van der Waals surface area (Å²) in [7, 11) is 0. The van der Waals surface area contributed by atoms with Crippen LogP contribution in [0.1, 0.15) is 37.2 Å². The van der Waals surface area contributed by atoms with E-state index in [0.717, 1.165) is 37.5 Å². The molecule has 0 heterocycles. The summed E-state index contributed by atoms with van der Waals surface area (Å²) in [6, 6.07) is 6.03. The average Bonchev–Trinajstić information content (AvgIpc) is 2.38. The second-order valence-corrected chi connectivity index (χ2v) is 4.86. The normalized spacial score (nSPS) is 22.8. The number of aldehydes is 1. The van der Waals surface area contributed by atoms with Crippen molar-refractivity contribution >= 4 is 18.7 Å². The number of carbonyl (C=O) groups excluding carboxylic acids is 1. The van der Waals surface area contributed by atoms with Crippen LogP contribution in [0.4, 0.5) is 13.2 Å². The van der Waals surface area contributed by atoms with Crippen LogP contribution >= 0.6 is 12.4 Å². The number of ether oxygens (including phenoxy) is 1. The Bertz CT molecular complexity index is 423. The van der Waals surface area contributed by atoms with Crippen molar-refractivity contribution in [2.45, 2.75) is 38.0 Å². The van der Waals surface area contributed by atoms with Crippen molar-refractivity contribution in [3.05, 3.63) is 29.8 Å². The van der Waals surface area contributed by atoms with Gasteiger partial charge in [-0.1, -0.05) is 12.1 Å². The molecule has 20 heavy (non-hydrogen) atoms. The first-order chi connectivity index (χ1) is 8.98. The lowest BCUT2D eigenvalue weighted by atomic mass is 9.79. The molecule has 6 heteroatoms. The number of hydrogen-bond acceptors (Lipinski definition) is 2. The van der Waals surface area contributed by atoms with Gasteiger partial charge in [-0.15, -0.1) is 25.6 Å². The fourth-order valence-electron chi connectivity index (χ4n) is 2.53. The van der Waals surface area contributed by atoms with E-state index in [1.165, 1.54) is 12.1 Å². The van der Waals surface area contributed by atoms with Gasteiger partial charge in [-0.3, -0.25) is 0 Å². The molecule has 0 aromatic heterocycles. The Balaban J connectivity index is 0.00000200. The molecule has 1 aromatic rings. The Hall–Kier alpha value is -1.23. The minimum Gasteiger partial charge on any atom is -0.406 e. The molecule has 0 bridgehead atoms. The summed E-state index contributed by atoms with van der Waals surface area (Å²) in [5.41, 5.74) is 1.01. The zero-order valence-electron chi connectivity index (χ0n) is 10.7. The van der Waals surface area contributed by atoms with Crippen LogP contribution in [0.3, 0.4) is 0 Å². The van der Waals surface area contributed by atoms with Crippen molar-refractivity contribution < 1.29 is 22.7 Å². The summed E-state index contributed by atoms with van der Waals surface area (Å²) >= 11 is 0. The Morgan fingerprint density at radius 3 is 2.05 bits per heavy atom. The van der Waals surface area contributed by atoms with Crippen LogP contribution in [0.5, 0.6) is 5.75 Å². The van der Waals surface area contributed by atoms with Gasteiger partial charge in [-0.05, 0) is 49.3 Å². The van der Waals surface area contributed by atoms with E-state index in [9.17, 15) is 18.0 Å². The SMILES string of the molecule is Cl.O=CC1CCC(c2ccc(OC(F)(F)F)cc2)CC1. The van der Waals surface area contributed by atoms with Gasteiger partial charge in [0.2, 0.25) is 0 Å². The Kier molecular flexibility index (Phi) is 5.87. The lowest BCUT2D eigenvalue weighted by Crippen LogP contribution is -2.17. The minimum absolute atomic E-state index is 0. The topological polar surface area (TPSA) is 26.3 Å². The van der Waals surface area contributed by atoms with Gasteiger partial charge in [0.25, 0.3) is 0 Å². The van der Waals surface area contributed by atoms with E-state index in [2.05, 4.69) is 4.74 Å². The molecule has 2 nitrogen and oxygen atoms in total. The summed E-state index contributed by atoms with van der Waals surface area (Å²) in [6.45, 7) is 0. The molecule has 0 aliphatic heterocycles. The van der Waals surface area contributed by atoms with E-state index in [4.69, 9.17) is 0 Å². The van der Waals surface area contributed by atoms with Gasteiger partial charge in [0.05, 0.1) is 0 Å². The molecule has 112 valence electrons. The molecular formula is C14H16ClF3O2. The molecule has 1 fully saturated rings. The number of benzene rings is 1. The van der Waals surface area contributed by atoms with Gasteiger partial charge in [-0.25, -0.2) is 0 Å². The number of halogens is 4. The van der Waals surface area contributed by atoms with Crippen LogP contribution in [-0.4, -0.2) is 12.6 Å². The molecule has 1 saturated carbocycles. The highest BCUT2D eigenvalue weighted by Gasteiger charge is 2.31. The molecule has 0 N–H and O–H groups in total. The molecule has 1 aliphatic carbocycles. The molecule has 0 saturated heterocycles. The molecule has 0 radical (unpaired) electrons. The third kappa shape index (κ3) is 4.71. The standard InChI is InChI=1S/C14H15F3O2.ClH/c15-14(16,17)19-13-7-5-12(6-8-13)11-3-1-10(9-18)2-4-11;/h5-11H,1-4H2;1H. The lowest BCUT2D eigenvalue weighted by molar-refractivity contribution is -0.274. The Morgan fingerprint density at radius 1 is 1.05 bits per heavy atom. The van der Waals surface area contributed by atoms with Crippen molar-refractivity contribution in [1.29, 1.82) is 0 Å². The number of rotatable bonds is 3. The Morgan fingerprint density at radius 2 is 1.60 bits per heavy atom. The van der Waals surface area contributed by atoms with E-state index >= 15 is 0 Å². The second-order valence-electron chi connectivity index (χ2n) is 4.86. The van der Waals surface area contributed by atoms with Crippen molar-refractivity contribution in [3.63, 3.8) is 0 Å². The molecule has 0 atom stereocenters. The van der Waals surface area contributed by atoms with Crippen LogP contribution in [0.15, 0.2) is 24.3 Å². The van der Waals surface area contributed by atoms with Gasteiger partial charge in [-0.2, -0.15) is 0 Å². The molecule has 0 spiro atoms. The monoisotopic (exact) mass is 308 g/mol. The van der Waals surface area contributed by atoms with Gasteiger partial charge in [0, 0.05) is 5.92 Å². The predicted octanol–water partition coefficient (Wildman–Crippen LogP) is 4.48. The van der Waals surface area contributed by atoms with Crippen molar-refractivity contribution in [2.24, 2.45) is 5.92 Å². The highest BCUT2D eigenvalue weighted by Crippen LogP contribution is 2.35. The summed E-state index contributed by atoms with van der Waals surface area (Å²) in [6.07, 6.45) is -0.129. The van der Waals surface area contributed by atoms with E-state index in [0.29, 0.717) is 5.92 Å². The zero-order chi connectivity index (χ0) is 13.9. The Labute approximate surface area is 121 Å². The van der Waals surface area contributed by atoms with Crippen LogP contribution in [0.25, 0.3) is 0 Å². The quantitative estimate of drug-likeness (QED) is 0.770. The van der Waals surface area contributed by atoms with Crippen molar-refractivity contribution in [1.82, 2.24) is 0 Å². The maximum Gasteiger partial charge on any atom is 0.573 e. The van der Waals surface area contributed by atoms with Crippen LogP contribution < -0.4 is 4.74 Å². The molecule has 2 rings (SSSR count). The summed E-state index contributed by atoms with van der Waals surface area (Å²) in [4.78, 5) is 10.7. The van der Waals surface area contributed by atoms with Crippen molar-refractivity contribution in [3.8, 4) is 5.75 Å².